The molecule has 0 saturated heterocycles. The van der Waals surface area contributed by atoms with Gasteiger partial charge in [0.15, 0.2) is 12.0 Å². The van der Waals surface area contributed by atoms with Crippen molar-refractivity contribution in [3.05, 3.63) is 18.2 Å². The van der Waals surface area contributed by atoms with E-state index in [9.17, 15) is 5.21 Å². The van der Waals surface area contributed by atoms with E-state index < -0.39 is 0 Å². The monoisotopic (exact) mass is 164 g/mol. The molecule has 0 aromatic carbocycles. The molecule has 0 unspecified atom stereocenters. The fraction of sp³-hybridized carbons (Fsp3) is 0.375. The molecule has 2 aromatic rings. The zero-order chi connectivity index (χ0) is 8.13. The molecule has 1 aliphatic rings. The van der Waals surface area contributed by atoms with E-state index in [2.05, 4.69) is 4.98 Å². The van der Waals surface area contributed by atoms with Crippen molar-refractivity contribution in [1.29, 1.82) is 0 Å². The summed E-state index contributed by atoms with van der Waals surface area (Å²) in [5.41, 5.74) is 2.35. The molecule has 4 heteroatoms. The SMILES string of the molecule is On1cc(C2CC2)c2ocnc21. The van der Waals surface area contributed by atoms with Gasteiger partial charge in [0, 0.05) is 5.56 Å². The summed E-state index contributed by atoms with van der Waals surface area (Å²) >= 11 is 0. The van der Waals surface area contributed by atoms with E-state index in [1.54, 1.807) is 6.20 Å². The van der Waals surface area contributed by atoms with Crippen LogP contribution in [0.3, 0.4) is 0 Å². The summed E-state index contributed by atoms with van der Waals surface area (Å²) in [6.45, 7) is 0. The van der Waals surface area contributed by atoms with Crippen LogP contribution in [0.4, 0.5) is 0 Å². The lowest BCUT2D eigenvalue weighted by molar-refractivity contribution is 0.198. The highest BCUT2D eigenvalue weighted by atomic mass is 16.5. The minimum Gasteiger partial charge on any atom is -0.441 e. The van der Waals surface area contributed by atoms with Crippen LogP contribution in [0.15, 0.2) is 17.0 Å². The first-order chi connectivity index (χ1) is 5.86. The first-order valence-corrected chi connectivity index (χ1v) is 4.00. The highest BCUT2D eigenvalue weighted by molar-refractivity contribution is 5.74. The van der Waals surface area contributed by atoms with Gasteiger partial charge in [-0.05, 0) is 18.8 Å². The maximum absolute atomic E-state index is 9.35. The Morgan fingerprint density at radius 1 is 1.58 bits per heavy atom. The summed E-state index contributed by atoms with van der Waals surface area (Å²) < 4.78 is 6.21. The lowest BCUT2D eigenvalue weighted by Crippen LogP contribution is -1.85. The van der Waals surface area contributed by atoms with Crippen LogP contribution in [-0.4, -0.2) is 14.9 Å². The topological polar surface area (TPSA) is 51.2 Å². The quantitative estimate of drug-likeness (QED) is 0.653. The summed E-state index contributed by atoms with van der Waals surface area (Å²) in [5.74, 6) is 0.578. The van der Waals surface area contributed by atoms with E-state index in [-0.39, 0.29) is 0 Å². The number of hydrogen-bond acceptors (Lipinski definition) is 3. The maximum atomic E-state index is 9.35. The lowest BCUT2D eigenvalue weighted by atomic mass is 10.2. The number of nitrogens with zero attached hydrogens (tertiary/aromatic N) is 2. The predicted octanol–water partition coefficient (Wildman–Crippen LogP) is 1.74. The van der Waals surface area contributed by atoms with Gasteiger partial charge >= 0.3 is 0 Å². The number of aromatic nitrogens is 2. The van der Waals surface area contributed by atoms with Gasteiger partial charge in [-0.1, -0.05) is 0 Å². The zero-order valence-electron chi connectivity index (χ0n) is 6.40. The molecule has 2 aromatic heterocycles. The Balaban J connectivity index is 2.33. The van der Waals surface area contributed by atoms with Gasteiger partial charge in [0.2, 0.25) is 5.65 Å². The molecule has 0 amide bonds. The summed E-state index contributed by atoms with van der Waals surface area (Å²) in [7, 11) is 0. The van der Waals surface area contributed by atoms with Crippen molar-refractivity contribution in [3.8, 4) is 0 Å². The average molecular weight is 164 g/mol. The van der Waals surface area contributed by atoms with Gasteiger partial charge in [0.05, 0.1) is 6.20 Å². The molecular weight excluding hydrogens is 156 g/mol. The third-order valence-electron chi connectivity index (χ3n) is 2.31. The van der Waals surface area contributed by atoms with Gasteiger partial charge in [-0.2, -0.15) is 9.71 Å². The summed E-state index contributed by atoms with van der Waals surface area (Å²) in [4.78, 5) is 3.90. The molecule has 3 rings (SSSR count). The van der Waals surface area contributed by atoms with E-state index in [1.807, 2.05) is 0 Å². The number of oxazole rings is 1. The Morgan fingerprint density at radius 3 is 3.17 bits per heavy atom. The molecule has 1 fully saturated rings. The summed E-state index contributed by atoms with van der Waals surface area (Å²) in [6, 6.07) is 0. The minimum absolute atomic E-state index is 0.525. The number of rotatable bonds is 1. The normalized spacial score (nSPS) is 17.3. The van der Waals surface area contributed by atoms with Gasteiger partial charge in [-0.25, -0.2) is 0 Å². The predicted molar refractivity (Wildman–Crippen MR) is 41.2 cm³/mol. The smallest absolute Gasteiger partial charge is 0.214 e. The Labute approximate surface area is 68.4 Å². The van der Waals surface area contributed by atoms with Crippen LogP contribution in [0, 0.1) is 0 Å². The van der Waals surface area contributed by atoms with Crippen molar-refractivity contribution in [2.75, 3.05) is 0 Å². The molecule has 12 heavy (non-hydrogen) atoms. The van der Waals surface area contributed by atoms with Crippen molar-refractivity contribution in [2.24, 2.45) is 0 Å². The number of hydrogen-bond donors (Lipinski definition) is 1. The molecule has 4 nitrogen and oxygen atoms in total. The van der Waals surface area contributed by atoms with Crippen molar-refractivity contribution in [2.45, 2.75) is 18.8 Å². The highest BCUT2D eigenvalue weighted by Gasteiger charge is 2.29. The lowest BCUT2D eigenvalue weighted by Gasteiger charge is -1.87. The molecule has 0 aliphatic heterocycles. The molecule has 0 bridgehead atoms. The molecule has 1 aliphatic carbocycles. The highest BCUT2D eigenvalue weighted by Crippen LogP contribution is 2.43. The van der Waals surface area contributed by atoms with Gasteiger partial charge in [-0.3, -0.25) is 0 Å². The van der Waals surface area contributed by atoms with Crippen LogP contribution < -0.4 is 0 Å². The van der Waals surface area contributed by atoms with E-state index >= 15 is 0 Å². The van der Waals surface area contributed by atoms with Crippen LogP contribution in [-0.2, 0) is 0 Å². The Kier molecular flexibility index (Phi) is 0.930. The molecule has 1 saturated carbocycles. The second-order valence-corrected chi connectivity index (χ2v) is 3.21. The third kappa shape index (κ3) is 0.642. The van der Waals surface area contributed by atoms with Gasteiger partial charge in [0.25, 0.3) is 0 Å². The summed E-state index contributed by atoms with van der Waals surface area (Å²) in [5, 5.41) is 9.35. The minimum atomic E-state index is 0.525. The standard InChI is InChI=1S/C8H8N2O2/c11-10-3-6(5-1-2-5)7-8(10)9-4-12-7/h3-5,11H,1-2H2. The molecular formula is C8H8N2O2. The van der Waals surface area contributed by atoms with Crippen LogP contribution in [0.5, 0.6) is 0 Å². The zero-order valence-corrected chi connectivity index (χ0v) is 6.40. The summed E-state index contributed by atoms with van der Waals surface area (Å²) in [6.07, 6.45) is 5.45. The molecule has 1 N–H and O–H groups in total. The first-order valence-electron chi connectivity index (χ1n) is 4.00. The van der Waals surface area contributed by atoms with Crippen molar-refractivity contribution in [3.63, 3.8) is 0 Å². The second-order valence-electron chi connectivity index (χ2n) is 3.21. The van der Waals surface area contributed by atoms with Gasteiger partial charge in [0.1, 0.15) is 0 Å². The maximum Gasteiger partial charge on any atom is 0.214 e. The van der Waals surface area contributed by atoms with Gasteiger partial charge in [-0.15, -0.1) is 0 Å². The van der Waals surface area contributed by atoms with Crippen molar-refractivity contribution in [1.82, 2.24) is 9.71 Å². The Morgan fingerprint density at radius 2 is 2.42 bits per heavy atom. The first kappa shape index (κ1) is 6.11. The van der Waals surface area contributed by atoms with E-state index in [4.69, 9.17) is 4.42 Å². The van der Waals surface area contributed by atoms with E-state index in [0.29, 0.717) is 11.6 Å². The van der Waals surface area contributed by atoms with Crippen LogP contribution in [0.1, 0.15) is 24.3 Å². The number of fused-ring (bicyclic) bond motifs is 1. The Bertz CT molecular complexity index is 425. The fourth-order valence-corrected chi connectivity index (χ4v) is 1.54. The largest absolute Gasteiger partial charge is 0.441 e. The van der Waals surface area contributed by atoms with Crippen LogP contribution in [0.2, 0.25) is 0 Å². The van der Waals surface area contributed by atoms with Crippen molar-refractivity contribution < 1.29 is 9.62 Å². The molecule has 2 heterocycles. The molecule has 0 radical (unpaired) electrons. The van der Waals surface area contributed by atoms with Crippen LogP contribution in [0.25, 0.3) is 11.2 Å². The molecule has 62 valence electrons. The van der Waals surface area contributed by atoms with E-state index in [0.717, 1.165) is 15.9 Å². The third-order valence-corrected chi connectivity index (χ3v) is 2.31. The Hall–Kier alpha value is -1.45. The van der Waals surface area contributed by atoms with E-state index in [1.165, 1.54) is 19.2 Å². The fourth-order valence-electron chi connectivity index (χ4n) is 1.54. The molecule has 0 atom stereocenters. The second kappa shape index (κ2) is 1.83. The molecule has 0 spiro atoms. The van der Waals surface area contributed by atoms with Crippen molar-refractivity contribution >= 4 is 11.2 Å². The van der Waals surface area contributed by atoms with Crippen LogP contribution >= 0.6 is 0 Å². The average Bonchev–Trinajstić information content (AvgIpc) is 2.68. The van der Waals surface area contributed by atoms with Gasteiger partial charge < -0.3 is 9.62 Å².